The third-order valence-electron chi connectivity index (χ3n) is 3.29. The number of nitrogens with zero attached hydrogens (tertiary/aromatic N) is 4. The molecule has 2 rings (SSSR count). The van der Waals surface area contributed by atoms with Crippen molar-refractivity contribution in [1.82, 2.24) is 19.8 Å². The number of carbonyl (C=O) groups is 1. The maximum atomic E-state index is 12.5. The van der Waals surface area contributed by atoms with Crippen molar-refractivity contribution < 1.29 is 9.32 Å². The maximum absolute atomic E-state index is 12.5. The van der Waals surface area contributed by atoms with Gasteiger partial charge < -0.3 is 9.42 Å². The van der Waals surface area contributed by atoms with Gasteiger partial charge in [-0.1, -0.05) is 25.9 Å². The van der Waals surface area contributed by atoms with Crippen molar-refractivity contribution in [2.75, 3.05) is 7.05 Å². The molecule has 0 saturated carbocycles. The second kappa shape index (κ2) is 5.35. The molecular weight excluding hydrogens is 268 g/mol. The summed E-state index contributed by atoms with van der Waals surface area (Å²) < 4.78 is 6.65. The van der Waals surface area contributed by atoms with Crippen LogP contribution in [0.2, 0.25) is 0 Å². The van der Waals surface area contributed by atoms with Crippen LogP contribution in [0.5, 0.6) is 0 Å². The van der Waals surface area contributed by atoms with Crippen LogP contribution in [0.3, 0.4) is 0 Å². The summed E-state index contributed by atoms with van der Waals surface area (Å²) in [6.07, 6.45) is 0. The largest absolute Gasteiger partial charge is 0.361 e. The molecule has 6 nitrogen and oxygen atoms in total. The average Bonchev–Trinajstić information content (AvgIpc) is 2.94. The summed E-state index contributed by atoms with van der Waals surface area (Å²) in [6.45, 7) is 8.46. The molecule has 2 aromatic heterocycles. The van der Waals surface area contributed by atoms with E-state index >= 15 is 0 Å². The van der Waals surface area contributed by atoms with Crippen molar-refractivity contribution in [3.63, 3.8) is 0 Å². The summed E-state index contributed by atoms with van der Waals surface area (Å²) in [4.78, 5) is 14.1. The molecule has 114 valence electrons. The zero-order chi connectivity index (χ0) is 15.8. The first-order valence-corrected chi connectivity index (χ1v) is 6.90. The van der Waals surface area contributed by atoms with Gasteiger partial charge in [0.15, 0.2) is 0 Å². The first kappa shape index (κ1) is 15.3. The number of amides is 1. The van der Waals surface area contributed by atoms with E-state index in [9.17, 15) is 4.79 Å². The molecule has 0 aromatic carbocycles. The zero-order valence-corrected chi connectivity index (χ0v) is 13.5. The zero-order valence-electron chi connectivity index (χ0n) is 13.5. The number of rotatable bonds is 3. The van der Waals surface area contributed by atoms with Gasteiger partial charge in [-0.3, -0.25) is 9.48 Å². The normalized spacial score (nSPS) is 11.7. The standard InChI is InChI=1S/C15H22N4O2/c1-10-7-11(17-21-10)9-18(5)14(20)12-8-13(15(2,3)4)16-19(12)6/h7-8H,9H2,1-6H3. The molecule has 0 unspecified atom stereocenters. The van der Waals surface area contributed by atoms with Crippen molar-refractivity contribution in [3.05, 3.63) is 35.0 Å². The van der Waals surface area contributed by atoms with Crippen LogP contribution in [0.1, 0.15) is 48.4 Å². The fraction of sp³-hybridized carbons (Fsp3) is 0.533. The van der Waals surface area contributed by atoms with Crippen LogP contribution in [-0.4, -0.2) is 32.8 Å². The molecule has 0 aliphatic rings. The molecule has 0 bridgehead atoms. The van der Waals surface area contributed by atoms with Crippen LogP contribution in [0.25, 0.3) is 0 Å². The molecule has 0 N–H and O–H groups in total. The lowest BCUT2D eigenvalue weighted by atomic mass is 9.92. The predicted molar refractivity (Wildman–Crippen MR) is 78.9 cm³/mol. The molecule has 0 aliphatic carbocycles. The van der Waals surface area contributed by atoms with Crippen LogP contribution in [-0.2, 0) is 19.0 Å². The topological polar surface area (TPSA) is 64.2 Å². The van der Waals surface area contributed by atoms with Crippen molar-refractivity contribution in [3.8, 4) is 0 Å². The second-order valence-corrected chi connectivity index (χ2v) is 6.38. The summed E-state index contributed by atoms with van der Waals surface area (Å²) in [7, 11) is 3.53. The van der Waals surface area contributed by atoms with E-state index in [1.165, 1.54) is 0 Å². The third kappa shape index (κ3) is 3.32. The first-order chi connectivity index (χ1) is 9.68. The third-order valence-corrected chi connectivity index (χ3v) is 3.29. The van der Waals surface area contributed by atoms with E-state index in [2.05, 4.69) is 31.0 Å². The van der Waals surface area contributed by atoms with E-state index in [0.717, 1.165) is 17.1 Å². The Morgan fingerprint density at radius 2 is 2.05 bits per heavy atom. The lowest BCUT2D eigenvalue weighted by Gasteiger charge is -2.15. The van der Waals surface area contributed by atoms with Crippen LogP contribution in [0, 0.1) is 6.92 Å². The van der Waals surface area contributed by atoms with Crippen molar-refractivity contribution in [2.45, 2.75) is 39.7 Å². The molecule has 0 atom stereocenters. The maximum Gasteiger partial charge on any atom is 0.272 e. The van der Waals surface area contributed by atoms with Crippen LogP contribution in [0.4, 0.5) is 0 Å². The van der Waals surface area contributed by atoms with Gasteiger partial charge in [-0.05, 0) is 13.0 Å². The molecule has 2 aromatic rings. The second-order valence-electron chi connectivity index (χ2n) is 6.38. The van der Waals surface area contributed by atoms with Gasteiger partial charge in [0.25, 0.3) is 5.91 Å². The SMILES string of the molecule is Cc1cc(CN(C)C(=O)c2cc(C(C)(C)C)nn2C)no1. The predicted octanol–water partition coefficient (Wildman–Crippen LogP) is 2.29. The smallest absolute Gasteiger partial charge is 0.272 e. The molecule has 0 fully saturated rings. The Bertz CT molecular complexity index is 649. The summed E-state index contributed by atoms with van der Waals surface area (Å²) in [6, 6.07) is 3.68. The fourth-order valence-electron chi connectivity index (χ4n) is 2.04. The summed E-state index contributed by atoms with van der Waals surface area (Å²) in [5.41, 5.74) is 2.13. The van der Waals surface area contributed by atoms with Gasteiger partial charge in [0.05, 0.1) is 12.2 Å². The molecule has 0 saturated heterocycles. The van der Waals surface area contributed by atoms with Crippen LogP contribution < -0.4 is 0 Å². The first-order valence-electron chi connectivity index (χ1n) is 6.90. The Labute approximate surface area is 124 Å². The monoisotopic (exact) mass is 290 g/mol. The fourth-order valence-corrected chi connectivity index (χ4v) is 2.04. The van der Waals surface area contributed by atoms with E-state index in [-0.39, 0.29) is 11.3 Å². The van der Waals surface area contributed by atoms with Crippen LogP contribution >= 0.6 is 0 Å². The highest BCUT2D eigenvalue weighted by Crippen LogP contribution is 2.22. The highest BCUT2D eigenvalue weighted by molar-refractivity contribution is 5.92. The minimum Gasteiger partial charge on any atom is -0.361 e. The summed E-state index contributed by atoms with van der Waals surface area (Å²) >= 11 is 0. The highest BCUT2D eigenvalue weighted by atomic mass is 16.5. The molecule has 2 heterocycles. The van der Waals surface area contributed by atoms with Gasteiger partial charge in [0, 0.05) is 25.6 Å². The molecular formula is C15H22N4O2. The molecule has 0 radical (unpaired) electrons. The Morgan fingerprint density at radius 3 is 2.52 bits per heavy atom. The minimum atomic E-state index is -0.0852. The number of aromatic nitrogens is 3. The minimum absolute atomic E-state index is 0.0823. The Kier molecular flexibility index (Phi) is 3.89. The van der Waals surface area contributed by atoms with Gasteiger partial charge in [0.1, 0.15) is 17.1 Å². The lowest BCUT2D eigenvalue weighted by Crippen LogP contribution is -2.28. The Morgan fingerprint density at radius 1 is 1.38 bits per heavy atom. The summed E-state index contributed by atoms with van der Waals surface area (Å²) in [5, 5.41) is 8.34. The molecule has 6 heteroatoms. The van der Waals surface area contributed by atoms with Gasteiger partial charge >= 0.3 is 0 Å². The van der Waals surface area contributed by atoms with Gasteiger partial charge in [0.2, 0.25) is 0 Å². The molecule has 21 heavy (non-hydrogen) atoms. The van der Waals surface area contributed by atoms with E-state index in [1.807, 2.05) is 19.1 Å². The molecule has 0 spiro atoms. The van der Waals surface area contributed by atoms with E-state index in [0.29, 0.717) is 12.2 Å². The summed E-state index contributed by atoms with van der Waals surface area (Å²) in [5.74, 6) is 0.655. The van der Waals surface area contributed by atoms with Crippen molar-refractivity contribution >= 4 is 5.91 Å². The van der Waals surface area contributed by atoms with Gasteiger partial charge in [-0.2, -0.15) is 5.10 Å². The average molecular weight is 290 g/mol. The van der Waals surface area contributed by atoms with Crippen molar-refractivity contribution in [1.29, 1.82) is 0 Å². The van der Waals surface area contributed by atoms with Gasteiger partial charge in [-0.25, -0.2) is 0 Å². The number of carbonyl (C=O) groups excluding carboxylic acids is 1. The Hall–Kier alpha value is -2.11. The highest BCUT2D eigenvalue weighted by Gasteiger charge is 2.23. The molecule has 1 amide bonds. The lowest BCUT2D eigenvalue weighted by molar-refractivity contribution is 0.0771. The van der Waals surface area contributed by atoms with Gasteiger partial charge in [-0.15, -0.1) is 0 Å². The number of hydrogen-bond donors (Lipinski definition) is 0. The number of hydrogen-bond acceptors (Lipinski definition) is 4. The quantitative estimate of drug-likeness (QED) is 0.870. The van der Waals surface area contributed by atoms with E-state index in [4.69, 9.17) is 4.52 Å². The molecule has 0 aliphatic heterocycles. The van der Waals surface area contributed by atoms with Crippen molar-refractivity contribution in [2.24, 2.45) is 7.05 Å². The van der Waals surface area contributed by atoms with Crippen LogP contribution in [0.15, 0.2) is 16.7 Å². The van der Waals surface area contributed by atoms with E-state index < -0.39 is 0 Å². The van der Waals surface area contributed by atoms with E-state index in [1.54, 1.807) is 23.7 Å². The number of aryl methyl sites for hydroxylation is 2. The Balaban J connectivity index is 2.17.